The number of rotatable bonds is 14. The second-order valence-corrected chi connectivity index (χ2v) is 8.73. The summed E-state index contributed by atoms with van der Waals surface area (Å²) in [6.07, 6.45) is -5.56. The maximum atomic E-state index is 11.1. The molecule has 2 aliphatic rings. The van der Waals surface area contributed by atoms with Gasteiger partial charge in [-0.25, -0.2) is 0 Å². The van der Waals surface area contributed by atoms with E-state index in [0.717, 1.165) is 32.1 Å². The van der Waals surface area contributed by atoms with Crippen molar-refractivity contribution in [3.05, 3.63) is 0 Å². The molecule has 0 unspecified atom stereocenters. The molecule has 12 nitrogen and oxygen atoms in total. The van der Waals surface area contributed by atoms with Crippen LogP contribution in [0.5, 0.6) is 0 Å². The molecule has 2 fully saturated rings. The Kier molecular flexibility index (Phi) is 13.1. The number of unbranched alkanes of at least 4 members (excludes halogenated alkanes) is 5. The molecule has 34 heavy (non-hydrogen) atoms. The SMILES string of the molecule is COC(=O)CCCCCCCCO[C@H]1O[C@H](CO)C[C@H](O)[C@H]1O[C@H]1O[C@H](CO)[C@@H](O)[C@H](O)[C@H]1O. The van der Waals surface area contributed by atoms with Gasteiger partial charge in [-0.15, -0.1) is 0 Å². The molecule has 0 bridgehead atoms. The van der Waals surface area contributed by atoms with Crippen LogP contribution in [0.1, 0.15) is 51.4 Å². The summed E-state index contributed by atoms with van der Waals surface area (Å²) < 4.78 is 27.1. The molecule has 0 spiro atoms. The number of carbonyl (C=O) groups excluding carboxylic acids is 1. The molecule has 0 aromatic heterocycles. The third-order valence-corrected chi connectivity index (χ3v) is 6.11. The van der Waals surface area contributed by atoms with Crippen LogP contribution in [0.4, 0.5) is 0 Å². The highest BCUT2D eigenvalue weighted by molar-refractivity contribution is 5.68. The van der Waals surface area contributed by atoms with Crippen LogP contribution in [0, 0.1) is 0 Å². The van der Waals surface area contributed by atoms with Gasteiger partial charge in [-0.1, -0.05) is 25.7 Å². The molecule has 200 valence electrons. The quantitative estimate of drug-likeness (QED) is 0.122. The first-order chi connectivity index (χ1) is 16.3. The molecule has 12 heteroatoms. The van der Waals surface area contributed by atoms with Gasteiger partial charge in [0.1, 0.15) is 30.5 Å². The van der Waals surface area contributed by atoms with Gasteiger partial charge in [0.05, 0.1) is 32.5 Å². The Morgan fingerprint density at radius 1 is 0.853 bits per heavy atom. The zero-order valence-electron chi connectivity index (χ0n) is 19.6. The number of carbonyl (C=O) groups is 1. The number of esters is 1. The molecule has 2 rings (SSSR count). The number of methoxy groups -OCH3 is 1. The molecule has 2 heterocycles. The minimum absolute atomic E-state index is 0.0595. The number of hydrogen-bond donors (Lipinski definition) is 6. The second kappa shape index (κ2) is 15.2. The van der Waals surface area contributed by atoms with Crippen LogP contribution in [-0.2, 0) is 28.5 Å². The van der Waals surface area contributed by atoms with E-state index in [4.69, 9.17) is 18.9 Å². The predicted octanol–water partition coefficient (Wildman–Crippen LogP) is -1.44. The summed E-state index contributed by atoms with van der Waals surface area (Å²) in [6.45, 7) is -0.634. The predicted molar refractivity (Wildman–Crippen MR) is 115 cm³/mol. The number of hydrogen-bond acceptors (Lipinski definition) is 12. The van der Waals surface area contributed by atoms with E-state index < -0.39 is 61.9 Å². The van der Waals surface area contributed by atoms with Gasteiger partial charge in [-0.05, 0) is 12.8 Å². The molecule has 2 aliphatic heterocycles. The van der Waals surface area contributed by atoms with E-state index in [1.165, 1.54) is 7.11 Å². The van der Waals surface area contributed by atoms with Gasteiger partial charge >= 0.3 is 5.97 Å². The molecule has 0 amide bonds. The second-order valence-electron chi connectivity index (χ2n) is 8.73. The molecule has 6 N–H and O–H groups in total. The molecule has 0 radical (unpaired) electrons. The summed E-state index contributed by atoms with van der Waals surface area (Å²) in [5, 5.41) is 59.5. The van der Waals surface area contributed by atoms with E-state index in [0.29, 0.717) is 19.4 Å². The van der Waals surface area contributed by atoms with Crippen molar-refractivity contribution in [1.82, 2.24) is 0 Å². The van der Waals surface area contributed by atoms with Crippen molar-refractivity contribution < 1.29 is 59.1 Å². The largest absolute Gasteiger partial charge is 0.469 e. The average molecular weight is 497 g/mol. The molecule has 0 aromatic rings. The lowest BCUT2D eigenvalue weighted by Crippen LogP contribution is -2.62. The standard InChI is InChI=1S/C22H40O12/c1-30-16(26)8-6-4-2-3-5-7-9-31-22-20(14(25)10-13(11-23)32-22)34-21-19(29)18(28)17(27)15(12-24)33-21/h13-15,17-25,27-29H,2-12H2,1H3/t13-,14-,15+,17+,18-,19+,20+,21+,22-/m0/s1. The Morgan fingerprint density at radius 2 is 1.53 bits per heavy atom. The number of ether oxygens (including phenoxy) is 5. The maximum Gasteiger partial charge on any atom is 0.305 e. The first-order valence-corrected chi connectivity index (χ1v) is 11.9. The lowest BCUT2D eigenvalue weighted by atomic mass is 9.98. The van der Waals surface area contributed by atoms with Gasteiger partial charge in [0, 0.05) is 19.4 Å². The molecular formula is C22H40O12. The normalized spacial score (nSPS) is 36.4. The fourth-order valence-corrected chi connectivity index (χ4v) is 4.03. The van der Waals surface area contributed by atoms with E-state index in [2.05, 4.69) is 4.74 Å². The summed E-state index contributed by atoms with van der Waals surface area (Å²) in [7, 11) is 1.37. The van der Waals surface area contributed by atoms with Crippen molar-refractivity contribution in [3.63, 3.8) is 0 Å². The van der Waals surface area contributed by atoms with Gasteiger partial charge < -0.3 is 54.3 Å². The van der Waals surface area contributed by atoms with Gasteiger partial charge in [-0.3, -0.25) is 4.79 Å². The monoisotopic (exact) mass is 496 g/mol. The van der Waals surface area contributed by atoms with Gasteiger partial charge in [-0.2, -0.15) is 0 Å². The van der Waals surface area contributed by atoms with E-state index >= 15 is 0 Å². The Morgan fingerprint density at radius 3 is 2.18 bits per heavy atom. The van der Waals surface area contributed by atoms with E-state index in [-0.39, 0.29) is 19.0 Å². The van der Waals surface area contributed by atoms with Crippen molar-refractivity contribution in [2.75, 3.05) is 26.9 Å². The lowest BCUT2D eigenvalue weighted by molar-refractivity contribution is -0.356. The third kappa shape index (κ3) is 8.63. The van der Waals surface area contributed by atoms with Crippen molar-refractivity contribution in [1.29, 1.82) is 0 Å². The molecule has 0 saturated carbocycles. The summed E-state index contributed by atoms with van der Waals surface area (Å²) >= 11 is 0. The Bertz CT molecular complexity index is 576. The van der Waals surface area contributed by atoms with Gasteiger partial charge in [0.15, 0.2) is 12.6 Å². The Balaban J connectivity index is 1.81. The van der Waals surface area contributed by atoms with Crippen LogP contribution in [-0.4, -0.2) is 119 Å². The Labute approximate surface area is 199 Å². The van der Waals surface area contributed by atoms with Crippen molar-refractivity contribution in [2.24, 2.45) is 0 Å². The zero-order chi connectivity index (χ0) is 25.1. The smallest absolute Gasteiger partial charge is 0.305 e. The molecular weight excluding hydrogens is 456 g/mol. The van der Waals surface area contributed by atoms with Crippen LogP contribution in [0.25, 0.3) is 0 Å². The fourth-order valence-electron chi connectivity index (χ4n) is 4.03. The third-order valence-electron chi connectivity index (χ3n) is 6.11. The van der Waals surface area contributed by atoms with Crippen molar-refractivity contribution >= 4 is 5.97 Å². The van der Waals surface area contributed by atoms with Crippen LogP contribution >= 0.6 is 0 Å². The highest BCUT2D eigenvalue weighted by atomic mass is 16.8. The zero-order valence-corrected chi connectivity index (χ0v) is 19.6. The molecule has 2 saturated heterocycles. The molecule has 9 atom stereocenters. The van der Waals surface area contributed by atoms with E-state index in [1.807, 2.05) is 0 Å². The van der Waals surface area contributed by atoms with Crippen LogP contribution < -0.4 is 0 Å². The first-order valence-electron chi connectivity index (χ1n) is 11.9. The number of aliphatic hydroxyl groups is 6. The summed E-state index contributed by atoms with van der Waals surface area (Å²) in [4.78, 5) is 11.1. The lowest BCUT2D eigenvalue weighted by Gasteiger charge is -2.44. The Hall–Kier alpha value is -0.930. The molecule has 0 aromatic carbocycles. The van der Waals surface area contributed by atoms with E-state index in [1.54, 1.807) is 0 Å². The van der Waals surface area contributed by atoms with Crippen LogP contribution in [0.15, 0.2) is 0 Å². The minimum atomic E-state index is -1.62. The maximum absolute atomic E-state index is 11.1. The summed E-state index contributed by atoms with van der Waals surface area (Å²) in [5.74, 6) is -0.204. The van der Waals surface area contributed by atoms with Crippen molar-refractivity contribution in [3.8, 4) is 0 Å². The van der Waals surface area contributed by atoms with Gasteiger partial charge in [0.25, 0.3) is 0 Å². The number of aliphatic hydroxyl groups excluding tert-OH is 6. The highest BCUT2D eigenvalue weighted by Crippen LogP contribution is 2.29. The fraction of sp³-hybridized carbons (Fsp3) is 0.955. The summed E-state index contributed by atoms with van der Waals surface area (Å²) in [5.41, 5.74) is 0. The first kappa shape index (κ1) is 29.3. The van der Waals surface area contributed by atoms with E-state index in [9.17, 15) is 35.4 Å². The average Bonchev–Trinajstić information content (AvgIpc) is 2.84. The summed E-state index contributed by atoms with van der Waals surface area (Å²) in [6, 6.07) is 0. The minimum Gasteiger partial charge on any atom is -0.469 e. The van der Waals surface area contributed by atoms with Crippen LogP contribution in [0.2, 0.25) is 0 Å². The molecule has 0 aliphatic carbocycles. The van der Waals surface area contributed by atoms with Crippen LogP contribution in [0.3, 0.4) is 0 Å². The van der Waals surface area contributed by atoms with Crippen molar-refractivity contribution in [2.45, 2.75) is 107 Å². The highest BCUT2D eigenvalue weighted by Gasteiger charge is 2.48. The topological polar surface area (TPSA) is 185 Å². The van der Waals surface area contributed by atoms with Gasteiger partial charge in [0.2, 0.25) is 0 Å².